The van der Waals surface area contributed by atoms with Crippen LogP contribution in [0.3, 0.4) is 0 Å². The third-order valence-corrected chi connectivity index (χ3v) is 9.66. The molecule has 4 aromatic rings. The van der Waals surface area contributed by atoms with Crippen LogP contribution in [0.5, 0.6) is 0 Å². The Bertz CT molecular complexity index is 1800. The van der Waals surface area contributed by atoms with Crippen LogP contribution >= 0.6 is 11.8 Å². The van der Waals surface area contributed by atoms with Gasteiger partial charge in [0, 0.05) is 59.3 Å². The van der Waals surface area contributed by atoms with Crippen molar-refractivity contribution < 1.29 is 19.2 Å². The van der Waals surface area contributed by atoms with E-state index >= 15 is 0 Å². The van der Waals surface area contributed by atoms with Gasteiger partial charge in [0.1, 0.15) is 11.9 Å². The number of carbonyl (C=O) groups excluding carboxylic acids is 4. The first-order valence-electron chi connectivity index (χ1n) is 15.1. The predicted octanol–water partition coefficient (Wildman–Crippen LogP) is 6.93. The molecule has 0 aliphatic carbocycles. The van der Waals surface area contributed by atoms with Crippen molar-refractivity contribution in [1.82, 2.24) is 9.80 Å². The number of piperidine rings is 2. The Hall–Kier alpha value is -4.93. The third-order valence-electron chi connectivity index (χ3n) is 8.51. The molecule has 2 heterocycles. The molecule has 2 amide bonds. The van der Waals surface area contributed by atoms with Crippen molar-refractivity contribution in [1.29, 1.82) is 0 Å². The molecular weight excluding hydrogens is 580 g/mol. The minimum atomic E-state index is -0.0510. The first kappa shape index (κ1) is 30.1. The van der Waals surface area contributed by atoms with Crippen LogP contribution in [-0.2, 0) is 19.2 Å². The molecule has 0 spiro atoms. The number of hydrogen-bond donors (Lipinski definition) is 0. The second-order valence-corrected chi connectivity index (χ2v) is 12.3. The monoisotopic (exact) mass is 612 g/mol. The zero-order valence-corrected chi connectivity index (χ0v) is 25.6. The normalized spacial score (nSPS) is 15.6. The highest BCUT2D eigenvalue weighted by atomic mass is 32.2. The van der Waals surface area contributed by atoms with E-state index in [1.165, 1.54) is 0 Å². The van der Waals surface area contributed by atoms with Crippen molar-refractivity contribution >= 4 is 69.2 Å². The zero-order chi connectivity index (χ0) is 31.2. The minimum absolute atomic E-state index is 0.0510. The van der Waals surface area contributed by atoms with Crippen molar-refractivity contribution in [3.63, 3.8) is 0 Å². The topological polar surface area (TPSA) is 74.8 Å². The summed E-state index contributed by atoms with van der Waals surface area (Å²) in [6.07, 6.45) is 9.35. The Morgan fingerprint density at radius 1 is 0.556 bits per heavy atom. The summed E-state index contributed by atoms with van der Waals surface area (Å²) in [7, 11) is 0. The molecule has 224 valence electrons. The molecule has 4 aromatic carbocycles. The van der Waals surface area contributed by atoms with Gasteiger partial charge in [-0.3, -0.25) is 9.59 Å². The van der Waals surface area contributed by atoms with Gasteiger partial charge in [0.15, 0.2) is 0 Å². The van der Waals surface area contributed by atoms with Gasteiger partial charge in [-0.05, 0) is 82.6 Å². The molecule has 0 atom stereocenters. The van der Waals surface area contributed by atoms with Gasteiger partial charge < -0.3 is 9.80 Å². The van der Waals surface area contributed by atoms with Crippen LogP contribution in [0.25, 0.3) is 33.7 Å². The van der Waals surface area contributed by atoms with Crippen molar-refractivity contribution in [2.24, 2.45) is 0 Å². The summed E-state index contributed by atoms with van der Waals surface area (Å²) in [4.78, 5) is 53.3. The first-order valence-corrected chi connectivity index (χ1v) is 16.0. The molecule has 0 radical (unpaired) electrons. The average molecular weight is 613 g/mol. The number of nitrogens with zero attached hydrogens (tertiary/aromatic N) is 2. The molecule has 2 fully saturated rings. The fourth-order valence-corrected chi connectivity index (χ4v) is 6.99. The highest BCUT2D eigenvalue weighted by Crippen LogP contribution is 2.39. The lowest BCUT2D eigenvalue weighted by Gasteiger charge is -2.25. The van der Waals surface area contributed by atoms with E-state index in [2.05, 4.69) is 48.5 Å². The number of hydrogen-bond acceptors (Lipinski definition) is 5. The lowest BCUT2D eigenvalue weighted by atomic mass is 10.0. The van der Waals surface area contributed by atoms with Gasteiger partial charge >= 0.3 is 0 Å². The summed E-state index contributed by atoms with van der Waals surface area (Å²) in [5, 5.41) is 4.33. The van der Waals surface area contributed by atoms with Crippen molar-refractivity contribution in [3.8, 4) is 0 Å². The van der Waals surface area contributed by atoms with E-state index in [1.54, 1.807) is 33.7 Å². The second-order valence-electron chi connectivity index (χ2n) is 11.2. The molecule has 2 aliphatic rings. The molecule has 0 unspecified atom stereocenters. The quantitative estimate of drug-likeness (QED) is 0.174. The molecule has 6 nitrogen and oxygen atoms in total. The van der Waals surface area contributed by atoms with E-state index in [9.17, 15) is 19.2 Å². The smallest absolute Gasteiger partial charge is 0.246 e. The third kappa shape index (κ3) is 6.77. The van der Waals surface area contributed by atoms with Gasteiger partial charge in [-0.25, -0.2) is 9.59 Å². The average Bonchev–Trinajstić information content (AvgIpc) is 3.10. The van der Waals surface area contributed by atoms with Crippen LogP contribution in [0.1, 0.15) is 36.8 Å². The first-order chi connectivity index (χ1) is 22.0. The number of likely N-dealkylation sites (tertiary alicyclic amines) is 2. The number of amides is 2. The van der Waals surface area contributed by atoms with Crippen molar-refractivity contribution in [2.75, 3.05) is 26.2 Å². The van der Waals surface area contributed by atoms with Gasteiger partial charge in [0.2, 0.25) is 11.8 Å². The van der Waals surface area contributed by atoms with E-state index in [0.717, 1.165) is 53.6 Å². The minimum Gasteiger partial charge on any atom is -0.338 e. The summed E-state index contributed by atoms with van der Waals surface area (Å²) in [6.45, 7) is 2.18. The molecule has 0 aromatic heterocycles. The van der Waals surface area contributed by atoms with Gasteiger partial charge in [-0.1, -0.05) is 72.4 Å². The molecule has 0 saturated carbocycles. The van der Waals surface area contributed by atoms with E-state index in [0.29, 0.717) is 51.9 Å². The maximum Gasteiger partial charge on any atom is 0.246 e. The van der Waals surface area contributed by atoms with Crippen LogP contribution in [0, 0.1) is 0 Å². The Morgan fingerprint density at radius 3 is 1.31 bits per heavy atom. The largest absolute Gasteiger partial charge is 0.338 e. The maximum absolute atomic E-state index is 12.8. The molecule has 6 rings (SSSR count). The molecule has 2 aliphatic heterocycles. The highest BCUT2D eigenvalue weighted by Gasteiger charge is 2.19. The van der Waals surface area contributed by atoms with Gasteiger partial charge in [-0.15, -0.1) is 0 Å². The van der Waals surface area contributed by atoms with E-state index in [-0.39, 0.29) is 11.8 Å². The lowest BCUT2D eigenvalue weighted by Crippen LogP contribution is -2.35. The number of carbonyl (C=O) groups is 2. The molecule has 2 saturated heterocycles. The fraction of sp³-hybridized carbons (Fsp3) is 0.211. The van der Waals surface area contributed by atoms with E-state index < -0.39 is 0 Å². The van der Waals surface area contributed by atoms with Gasteiger partial charge in [0.25, 0.3) is 0 Å². The zero-order valence-electron chi connectivity index (χ0n) is 24.8. The Kier molecular flexibility index (Phi) is 9.23. The second kappa shape index (κ2) is 13.8. The highest BCUT2D eigenvalue weighted by molar-refractivity contribution is 7.99. The number of benzene rings is 4. The van der Waals surface area contributed by atoms with E-state index in [1.807, 2.05) is 48.3 Å². The van der Waals surface area contributed by atoms with Crippen LogP contribution in [0.4, 0.5) is 0 Å². The summed E-state index contributed by atoms with van der Waals surface area (Å²) in [5.41, 5.74) is 3.43. The van der Waals surface area contributed by atoms with Crippen LogP contribution in [0.15, 0.2) is 106 Å². The van der Waals surface area contributed by atoms with Crippen molar-refractivity contribution in [3.05, 3.63) is 107 Å². The van der Waals surface area contributed by atoms with Crippen LogP contribution in [-0.4, -0.2) is 59.7 Å². The molecular formula is C38H32N2O4S. The summed E-state index contributed by atoms with van der Waals surface area (Å²) < 4.78 is 0. The number of rotatable bonds is 6. The summed E-state index contributed by atoms with van der Waals surface area (Å²) in [5.74, 6) is 3.86. The van der Waals surface area contributed by atoms with E-state index in [4.69, 9.17) is 0 Å². The van der Waals surface area contributed by atoms with Gasteiger partial charge in [-0.2, -0.15) is 0 Å². The lowest BCUT2D eigenvalue weighted by molar-refractivity contribution is -0.127. The van der Waals surface area contributed by atoms with Gasteiger partial charge in [0.05, 0.1) is 0 Å². The fourth-order valence-electron chi connectivity index (χ4n) is 5.91. The SMILES string of the molecule is O=C=C1CCN(C(=O)/C=C/c2ccc(Sc3ccc(/C=C/C(=O)N4CCC(=C=O)CC4)c4ccccc34)c3ccccc23)CC1. The molecule has 0 N–H and O–H groups in total. The number of fused-ring (bicyclic) bond motifs is 2. The van der Waals surface area contributed by atoms with Crippen molar-refractivity contribution in [2.45, 2.75) is 35.5 Å². The molecule has 0 bridgehead atoms. The Morgan fingerprint density at radius 2 is 0.933 bits per heavy atom. The molecule has 45 heavy (non-hydrogen) atoms. The molecule has 7 heteroatoms. The Labute approximate surface area is 266 Å². The summed E-state index contributed by atoms with van der Waals surface area (Å²) >= 11 is 1.70. The maximum atomic E-state index is 12.8. The Balaban J connectivity index is 1.23. The predicted molar refractivity (Wildman–Crippen MR) is 180 cm³/mol. The standard InChI is InChI=1S/C38H32N2O4S/c41-25-27-17-21-39(22-18-27)37(43)15-11-29-9-13-35(33-7-3-1-5-31(29)33)45-36-14-10-30(32-6-2-4-8-34(32)36)12-16-38(44)40-23-19-28(26-42)20-24-40/h1-16H,17-24H2/b15-11+,16-12+. The summed E-state index contributed by atoms with van der Waals surface area (Å²) in [6, 6.07) is 24.7. The van der Waals surface area contributed by atoms with Crippen LogP contribution in [0.2, 0.25) is 0 Å². The van der Waals surface area contributed by atoms with Crippen LogP contribution < -0.4 is 0 Å².